The van der Waals surface area contributed by atoms with Crippen LogP contribution in [0.1, 0.15) is 10.5 Å². The van der Waals surface area contributed by atoms with Gasteiger partial charge in [0, 0.05) is 5.39 Å². The van der Waals surface area contributed by atoms with Crippen LogP contribution < -0.4 is 0 Å². The monoisotopic (exact) mass is 275 g/mol. The van der Waals surface area contributed by atoms with E-state index in [-0.39, 0.29) is 10.7 Å². The average Bonchev–Trinajstić information content (AvgIpc) is 2.25. The molecule has 0 aliphatic carbocycles. The van der Waals surface area contributed by atoms with Crippen molar-refractivity contribution in [2.24, 2.45) is 0 Å². The predicted octanol–water partition coefficient (Wildman–Crippen LogP) is 3.89. The highest BCUT2D eigenvalue weighted by Crippen LogP contribution is 2.34. The summed E-state index contributed by atoms with van der Waals surface area (Å²) < 4.78 is 0. The van der Waals surface area contributed by atoms with E-state index < -0.39 is 5.97 Å². The van der Waals surface area contributed by atoms with Crippen LogP contribution in [0.2, 0.25) is 15.1 Å². The number of hydrogen-bond donors (Lipinski definition) is 1. The topological polar surface area (TPSA) is 50.2 Å². The van der Waals surface area contributed by atoms with Crippen molar-refractivity contribution in [2.75, 3.05) is 0 Å². The molecule has 0 radical (unpaired) electrons. The van der Waals surface area contributed by atoms with Gasteiger partial charge < -0.3 is 5.11 Å². The molecule has 2 rings (SSSR count). The van der Waals surface area contributed by atoms with Gasteiger partial charge in [0.25, 0.3) is 0 Å². The third-order valence-electron chi connectivity index (χ3n) is 2.04. The molecule has 16 heavy (non-hydrogen) atoms. The number of benzene rings is 1. The number of hydrogen-bond acceptors (Lipinski definition) is 2. The van der Waals surface area contributed by atoms with E-state index in [1.165, 1.54) is 18.2 Å². The zero-order chi connectivity index (χ0) is 11.9. The molecule has 0 saturated heterocycles. The number of pyridine rings is 1. The zero-order valence-electron chi connectivity index (χ0n) is 7.67. The van der Waals surface area contributed by atoms with Gasteiger partial charge in [-0.05, 0) is 18.2 Å². The third-order valence-corrected chi connectivity index (χ3v) is 3.13. The molecule has 0 unspecified atom stereocenters. The normalized spacial score (nSPS) is 10.7. The Balaban J connectivity index is 2.84. The molecule has 0 atom stereocenters. The maximum atomic E-state index is 10.7. The van der Waals surface area contributed by atoms with Crippen LogP contribution in [0, 0.1) is 0 Å². The molecule has 0 aliphatic rings. The first-order valence-corrected chi connectivity index (χ1v) is 5.31. The van der Waals surface area contributed by atoms with Crippen LogP contribution >= 0.6 is 34.8 Å². The molecule has 6 heteroatoms. The number of aromatic nitrogens is 1. The fourth-order valence-electron chi connectivity index (χ4n) is 1.31. The van der Waals surface area contributed by atoms with Crippen molar-refractivity contribution in [2.45, 2.75) is 0 Å². The Morgan fingerprint density at radius 1 is 1.19 bits per heavy atom. The molecular formula is C10H4Cl3NO2. The minimum absolute atomic E-state index is 0.0900. The summed E-state index contributed by atoms with van der Waals surface area (Å²) in [7, 11) is 0. The van der Waals surface area contributed by atoms with Gasteiger partial charge in [-0.1, -0.05) is 34.8 Å². The van der Waals surface area contributed by atoms with Crippen molar-refractivity contribution in [1.82, 2.24) is 4.98 Å². The lowest BCUT2D eigenvalue weighted by molar-refractivity contribution is 0.0691. The number of halogens is 3. The molecule has 0 saturated carbocycles. The number of carbonyl (C=O) groups is 1. The van der Waals surface area contributed by atoms with Crippen molar-refractivity contribution in [3.8, 4) is 0 Å². The summed E-state index contributed by atoms with van der Waals surface area (Å²) in [5, 5.41) is 10.2. The van der Waals surface area contributed by atoms with Gasteiger partial charge in [0.1, 0.15) is 5.69 Å². The van der Waals surface area contributed by atoms with Gasteiger partial charge in [-0.25, -0.2) is 9.78 Å². The van der Waals surface area contributed by atoms with E-state index in [2.05, 4.69) is 4.98 Å². The summed E-state index contributed by atoms with van der Waals surface area (Å²) in [6, 6.07) is 4.32. The Morgan fingerprint density at radius 2 is 1.88 bits per heavy atom. The van der Waals surface area contributed by atoms with Gasteiger partial charge in [-0.2, -0.15) is 0 Å². The summed E-state index contributed by atoms with van der Waals surface area (Å²) in [5.41, 5.74) is 0.240. The largest absolute Gasteiger partial charge is 0.477 e. The SMILES string of the molecule is O=C(O)c1ccc2c(Cl)c(Cl)cc(Cl)c2n1. The highest BCUT2D eigenvalue weighted by molar-refractivity contribution is 6.47. The lowest BCUT2D eigenvalue weighted by Gasteiger charge is -2.05. The van der Waals surface area contributed by atoms with E-state index in [1.807, 2.05) is 0 Å². The van der Waals surface area contributed by atoms with Gasteiger partial charge in [-0.3, -0.25) is 0 Å². The average molecular weight is 277 g/mol. The lowest BCUT2D eigenvalue weighted by atomic mass is 10.2. The molecule has 1 N–H and O–H groups in total. The molecule has 0 spiro atoms. The summed E-state index contributed by atoms with van der Waals surface area (Å²) >= 11 is 17.7. The van der Waals surface area contributed by atoms with Gasteiger partial charge in [-0.15, -0.1) is 0 Å². The van der Waals surface area contributed by atoms with Crippen LogP contribution in [-0.2, 0) is 0 Å². The molecule has 0 bridgehead atoms. The first-order chi connectivity index (χ1) is 7.50. The molecule has 0 amide bonds. The van der Waals surface area contributed by atoms with Crippen molar-refractivity contribution < 1.29 is 9.90 Å². The number of nitrogens with zero attached hydrogens (tertiary/aromatic N) is 1. The second kappa shape index (κ2) is 4.09. The maximum absolute atomic E-state index is 10.7. The summed E-state index contributed by atoms with van der Waals surface area (Å²) in [6.45, 7) is 0. The van der Waals surface area contributed by atoms with Gasteiger partial charge in [0.2, 0.25) is 0 Å². The van der Waals surface area contributed by atoms with Crippen molar-refractivity contribution in [3.05, 3.63) is 39.0 Å². The van der Waals surface area contributed by atoms with Crippen LogP contribution in [0.15, 0.2) is 18.2 Å². The Hall–Kier alpha value is -1.03. The van der Waals surface area contributed by atoms with Gasteiger partial charge >= 0.3 is 5.97 Å². The smallest absolute Gasteiger partial charge is 0.354 e. The van der Waals surface area contributed by atoms with E-state index in [1.54, 1.807) is 0 Å². The highest BCUT2D eigenvalue weighted by Gasteiger charge is 2.12. The molecule has 82 valence electrons. The van der Waals surface area contributed by atoms with Crippen LogP contribution in [0.3, 0.4) is 0 Å². The third kappa shape index (κ3) is 1.82. The van der Waals surface area contributed by atoms with E-state index in [4.69, 9.17) is 39.9 Å². The van der Waals surface area contributed by atoms with Crippen molar-refractivity contribution in [1.29, 1.82) is 0 Å². The number of rotatable bonds is 1. The molecule has 1 heterocycles. The highest BCUT2D eigenvalue weighted by atomic mass is 35.5. The van der Waals surface area contributed by atoms with E-state index in [9.17, 15) is 4.79 Å². The van der Waals surface area contributed by atoms with E-state index in [0.29, 0.717) is 20.9 Å². The fourth-order valence-corrected chi connectivity index (χ4v) is 2.04. The predicted molar refractivity (Wildman–Crippen MR) is 63.7 cm³/mol. The molecule has 1 aromatic heterocycles. The molecule has 3 nitrogen and oxygen atoms in total. The zero-order valence-corrected chi connectivity index (χ0v) is 9.94. The first-order valence-electron chi connectivity index (χ1n) is 4.18. The van der Waals surface area contributed by atoms with Gasteiger partial charge in [0.05, 0.1) is 20.6 Å². The molecule has 0 fully saturated rings. The summed E-state index contributed by atoms with van der Waals surface area (Å²) in [5.74, 6) is -1.12. The second-order valence-electron chi connectivity index (χ2n) is 3.05. The minimum Gasteiger partial charge on any atom is -0.477 e. The van der Waals surface area contributed by atoms with Crippen LogP contribution in [0.4, 0.5) is 0 Å². The number of carboxylic acid groups (broad SMARTS) is 1. The minimum atomic E-state index is -1.12. The Labute approximate surface area is 106 Å². The standard InChI is InChI=1S/C10H4Cl3NO2/c11-5-3-6(12)9-4(8(5)13)1-2-7(14-9)10(15)16/h1-3H,(H,15,16). The van der Waals surface area contributed by atoms with E-state index in [0.717, 1.165) is 0 Å². The number of carboxylic acids is 1. The van der Waals surface area contributed by atoms with E-state index >= 15 is 0 Å². The molecule has 1 aromatic carbocycles. The molecule has 0 aliphatic heterocycles. The summed E-state index contributed by atoms with van der Waals surface area (Å²) in [4.78, 5) is 14.6. The Bertz CT molecular complexity index is 598. The first kappa shape index (κ1) is 11.5. The van der Waals surface area contributed by atoms with Crippen molar-refractivity contribution in [3.63, 3.8) is 0 Å². The lowest BCUT2D eigenvalue weighted by Crippen LogP contribution is -2.00. The fraction of sp³-hybridized carbons (Fsp3) is 0. The Morgan fingerprint density at radius 3 is 2.50 bits per heavy atom. The molecular weight excluding hydrogens is 272 g/mol. The summed E-state index contributed by atoms with van der Waals surface area (Å²) in [6.07, 6.45) is 0. The Kier molecular flexibility index (Phi) is 2.93. The van der Waals surface area contributed by atoms with Crippen LogP contribution in [-0.4, -0.2) is 16.1 Å². The maximum Gasteiger partial charge on any atom is 0.354 e. The van der Waals surface area contributed by atoms with Crippen LogP contribution in [0.25, 0.3) is 10.9 Å². The second-order valence-corrected chi connectivity index (χ2v) is 4.24. The number of fused-ring (bicyclic) bond motifs is 1. The molecule has 2 aromatic rings. The number of aromatic carboxylic acids is 1. The van der Waals surface area contributed by atoms with Crippen LogP contribution in [0.5, 0.6) is 0 Å². The van der Waals surface area contributed by atoms with Crippen molar-refractivity contribution >= 4 is 51.7 Å². The van der Waals surface area contributed by atoms with Gasteiger partial charge in [0.15, 0.2) is 0 Å². The quantitative estimate of drug-likeness (QED) is 0.804.